The fourth-order valence-corrected chi connectivity index (χ4v) is 7.19. The lowest BCUT2D eigenvalue weighted by Gasteiger charge is -2.33. The zero-order chi connectivity index (χ0) is 28.8. The lowest BCUT2D eigenvalue weighted by atomic mass is 9.85. The maximum atomic E-state index is 13.7. The van der Waals surface area contributed by atoms with E-state index in [1.165, 1.54) is 4.90 Å². The number of hydrogen-bond acceptors (Lipinski definition) is 7. The normalized spacial score (nSPS) is 36.5. The van der Waals surface area contributed by atoms with Crippen molar-refractivity contribution in [1.29, 1.82) is 0 Å². The Labute approximate surface area is 229 Å². The van der Waals surface area contributed by atoms with Gasteiger partial charge in [-0.15, -0.1) is 0 Å². The summed E-state index contributed by atoms with van der Waals surface area (Å²) in [6.45, 7) is 5.32. The molecule has 4 amide bonds. The molecule has 2 aliphatic heterocycles. The Morgan fingerprint density at radius 3 is 2.54 bits per heavy atom. The number of sulfonamides is 1. The summed E-state index contributed by atoms with van der Waals surface area (Å²) in [4.78, 5) is 53.5. The van der Waals surface area contributed by atoms with E-state index in [9.17, 15) is 37.8 Å². The molecule has 218 valence electrons. The van der Waals surface area contributed by atoms with Crippen LogP contribution >= 0.6 is 0 Å². The predicted octanol–water partition coefficient (Wildman–Crippen LogP) is 0.860. The molecular formula is C26H40N4O8S. The lowest BCUT2D eigenvalue weighted by Crippen LogP contribution is -2.59. The second-order valence-corrected chi connectivity index (χ2v) is 14.2. The highest BCUT2D eigenvalue weighted by Gasteiger charge is 2.63. The highest BCUT2D eigenvalue weighted by Crippen LogP contribution is 2.47. The van der Waals surface area contributed by atoms with Gasteiger partial charge in [-0.2, -0.15) is 0 Å². The van der Waals surface area contributed by atoms with Crippen LogP contribution in [0, 0.1) is 17.8 Å². The SMILES string of the molecule is CC[C@@H]1C[C@H](C)CCC=C[C@@H]2C[C@@]2(C(=O)NS(=O)(=O)C2(C)CC2)NC(=O)[C@@H]2C[C@@H](O)CN2C(=O)[C@H]1NC(=O)O. The van der Waals surface area contributed by atoms with Gasteiger partial charge in [0.2, 0.25) is 21.8 Å². The first-order valence-electron chi connectivity index (χ1n) is 13.8. The van der Waals surface area contributed by atoms with Gasteiger partial charge in [-0.1, -0.05) is 32.4 Å². The highest BCUT2D eigenvalue weighted by atomic mass is 32.2. The molecule has 0 aromatic heterocycles. The first-order chi connectivity index (χ1) is 18.2. The van der Waals surface area contributed by atoms with Crippen molar-refractivity contribution in [2.45, 2.75) is 101 Å². The summed E-state index contributed by atoms with van der Waals surface area (Å²) >= 11 is 0. The topological polar surface area (TPSA) is 182 Å². The molecule has 0 unspecified atom stereocenters. The third kappa shape index (κ3) is 5.93. The molecule has 0 radical (unpaired) electrons. The molecule has 0 bridgehead atoms. The smallest absolute Gasteiger partial charge is 0.405 e. The third-order valence-corrected chi connectivity index (χ3v) is 11.1. The third-order valence-electron chi connectivity index (χ3n) is 8.90. The van der Waals surface area contributed by atoms with E-state index in [1.54, 1.807) is 6.92 Å². The standard InChI is InChI=1S/C26H40N4O8S/c1-4-16-11-15(2)7-5-6-8-17-13-26(17,23(34)29-39(37,38)25(3)9-10-25)28-21(32)19-12-18(31)14-30(19)22(33)20(16)27-24(35)36/h6,8,15-20,27,31H,4-5,7,9-14H2,1-3H3,(H,28,32)(H,29,34)(H,35,36)/t15-,16-,17-,18-,19+,20+,26-/m1/s1. The second kappa shape index (κ2) is 10.7. The molecule has 4 aliphatic rings. The second-order valence-electron chi connectivity index (χ2n) is 12.0. The quantitative estimate of drug-likeness (QED) is 0.303. The largest absolute Gasteiger partial charge is 0.465 e. The van der Waals surface area contributed by atoms with Gasteiger partial charge in [-0.3, -0.25) is 19.1 Å². The maximum Gasteiger partial charge on any atom is 0.405 e. The van der Waals surface area contributed by atoms with Crippen molar-refractivity contribution in [3.8, 4) is 0 Å². The van der Waals surface area contributed by atoms with Crippen molar-refractivity contribution in [1.82, 2.24) is 20.3 Å². The first-order valence-corrected chi connectivity index (χ1v) is 15.2. The van der Waals surface area contributed by atoms with E-state index in [0.29, 0.717) is 32.1 Å². The number of aliphatic hydroxyl groups excluding tert-OH is 1. The van der Waals surface area contributed by atoms with Crippen LogP contribution in [0.25, 0.3) is 0 Å². The monoisotopic (exact) mass is 568 g/mol. The van der Waals surface area contributed by atoms with Gasteiger partial charge in [0.1, 0.15) is 17.6 Å². The molecule has 2 saturated carbocycles. The van der Waals surface area contributed by atoms with Gasteiger partial charge in [0.25, 0.3) is 5.91 Å². The van der Waals surface area contributed by atoms with Crippen LogP contribution in [-0.4, -0.2) is 82.4 Å². The summed E-state index contributed by atoms with van der Waals surface area (Å²) in [5.41, 5.74) is -1.50. The maximum absolute atomic E-state index is 13.7. The van der Waals surface area contributed by atoms with Crippen LogP contribution in [0.15, 0.2) is 12.2 Å². The summed E-state index contributed by atoms with van der Waals surface area (Å²) < 4.78 is 26.8. The number of carbonyl (C=O) groups excluding carboxylic acids is 3. The molecule has 2 aliphatic carbocycles. The number of amides is 4. The Morgan fingerprint density at radius 1 is 1.23 bits per heavy atom. The zero-order valence-corrected chi connectivity index (χ0v) is 23.5. The number of fused-ring (bicyclic) bond motifs is 2. The number of hydrogen-bond donors (Lipinski definition) is 5. The van der Waals surface area contributed by atoms with Crippen molar-refractivity contribution in [2.75, 3.05) is 6.54 Å². The Morgan fingerprint density at radius 2 is 1.92 bits per heavy atom. The van der Waals surface area contributed by atoms with E-state index in [0.717, 1.165) is 6.42 Å². The molecule has 4 rings (SSSR count). The van der Waals surface area contributed by atoms with Gasteiger partial charge in [0, 0.05) is 18.9 Å². The average molecular weight is 569 g/mol. The van der Waals surface area contributed by atoms with Crippen molar-refractivity contribution < 1.29 is 37.8 Å². The minimum atomic E-state index is -3.94. The summed E-state index contributed by atoms with van der Waals surface area (Å²) in [6, 6.07) is -2.25. The Hall–Kier alpha value is -2.67. The molecule has 12 nitrogen and oxygen atoms in total. The van der Waals surface area contributed by atoms with Crippen molar-refractivity contribution in [3.05, 3.63) is 12.2 Å². The molecule has 0 aromatic carbocycles. The van der Waals surface area contributed by atoms with Crippen LogP contribution in [0.2, 0.25) is 0 Å². The fraction of sp³-hybridized carbons (Fsp3) is 0.769. The van der Waals surface area contributed by atoms with Crippen LogP contribution in [0.1, 0.15) is 72.1 Å². The van der Waals surface area contributed by atoms with Crippen LogP contribution in [0.5, 0.6) is 0 Å². The number of nitrogens with zero attached hydrogens (tertiary/aromatic N) is 1. The van der Waals surface area contributed by atoms with Crippen LogP contribution < -0.4 is 15.4 Å². The number of carbonyl (C=O) groups is 4. The predicted molar refractivity (Wildman–Crippen MR) is 141 cm³/mol. The molecule has 13 heteroatoms. The molecule has 0 spiro atoms. The minimum Gasteiger partial charge on any atom is -0.465 e. The molecule has 2 heterocycles. The van der Waals surface area contributed by atoms with E-state index in [-0.39, 0.29) is 31.2 Å². The Balaban J connectivity index is 1.65. The van der Waals surface area contributed by atoms with Crippen molar-refractivity contribution in [2.24, 2.45) is 17.8 Å². The molecular weight excluding hydrogens is 528 g/mol. The van der Waals surface area contributed by atoms with E-state index in [2.05, 4.69) is 15.4 Å². The summed E-state index contributed by atoms with van der Waals surface area (Å²) in [5, 5.41) is 25.0. The number of aliphatic hydroxyl groups is 1. The van der Waals surface area contributed by atoms with E-state index < -0.39 is 68.2 Å². The van der Waals surface area contributed by atoms with Crippen LogP contribution in [0.4, 0.5) is 4.79 Å². The van der Waals surface area contributed by atoms with Gasteiger partial charge in [0.05, 0.1) is 10.9 Å². The molecule has 7 atom stereocenters. The summed E-state index contributed by atoms with van der Waals surface area (Å²) in [7, 11) is -3.94. The van der Waals surface area contributed by atoms with Crippen LogP contribution in [0.3, 0.4) is 0 Å². The van der Waals surface area contributed by atoms with E-state index >= 15 is 0 Å². The fourth-order valence-electron chi connectivity index (χ4n) is 5.88. The molecule has 0 aromatic rings. The molecule has 3 fully saturated rings. The Bertz CT molecular complexity index is 1150. The van der Waals surface area contributed by atoms with Crippen molar-refractivity contribution >= 4 is 33.8 Å². The van der Waals surface area contributed by atoms with E-state index in [4.69, 9.17) is 0 Å². The first kappa shape index (κ1) is 29.3. The number of rotatable bonds is 5. The Kier molecular flexibility index (Phi) is 8.06. The average Bonchev–Trinajstić information content (AvgIpc) is 3.73. The van der Waals surface area contributed by atoms with Crippen LogP contribution in [-0.2, 0) is 24.4 Å². The highest BCUT2D eigenvalue weighted by molar-refractivity contribution is 7.91. The van der Waals surface area contributed by atoms with Gasteiger partial charge in [0.15, 0.2) is 0 Å². The summed E-state index contributed by atoms with van der Waals surface area (Å²) in [5.74, 6) is -2.69. The zero-order valence-electron chi connectivity index (χ0n) is 22.7. The summed E-state index contributed by atoms with van der Waals surface area (Å²) in [6.07, 6.45) is 4.93. The number of carboxylic acid groups (broad SMARTS) is 1. The van der Waals surface area contributed by atoms with Gasteiger partial charge in [-0.25, -0.2) is 13.2 Å². The lowest BCUT2D eigenvalue weighted by molar-refractivity contribution is -0.142. The number of nitrogens with one attached hydrogen (secondary N) is 3. The van der Waals surface area contributed by atoms with Gasteiger partial charge < -0.3 is 25.7 Å². The van der Waals surface area contributed by atoms with Crippen molar-refractivity contribution in [3.63, 3.8) is 0 Å². The van der Waals surface area contributed by atoms with E-state index in [1.807, 2.05) is 26.0 Å². The molecule has 1 saturated heterocycles. The minimum absolute atomic E-state index is 0.0842. The number of allylic oxidation sites excluding steroid dienone is 1. The van der Waals surface area contributed by atoms with Gasteiger partial charge in [-0.05, 0) is 57.3 Å². The van der Waals surface area contributed by atoms with Gasteiger partial charge >= 0.3 is 6.09 Å². The molecule has 39 heavy (non-hydrogen) atoms. The molecule has 5 N–H and O–H groups in total.